The van der Waals surface area contributed by atoms with Crippen LogP contribution in [-0.2, 0) is 11.3 Å². The molecule has 5 rings (SSSR count). The average molecular weight is 474 g/mol. The zero-order chi connectivity index (χ0) is 23.5. The van der Waals surface area contributed by atoms with Crippen LogP contribution >= 0.6 is 11.6 Å². The number of anilines is 2. The summed E-state index contributed by atoms with van der Waals surface area (Å²) in [6, 6.07) is 20.5. The number of carbonyl (C=O) groups excluding carboxylic acids is 1. The van der Waals surface area contributed by atoms with E-state index < -0.39 is 0 Å². The first kappa shape index (κ1) is 22.1. The van der Waals surface area contributed by atoms with Crippen LogP contribution in [-0.4, -0.2) is 33.5 Å². The molecule has 1 saturated heterocycles. The number of amides is 1. The highest BCUT2D eigenvalue weighted by Gasteiger charge is 2.29. The molecule has 172 valence electrons. The average Bonchev–Trinajstić information content (AvgIpc) is 2.87. The summed E-state index contributed by atoms with van der Waals surface area (Å²) in [5.41, 5.74) is 2.71. The minimum atomic E-state index is -0.252. The van der Waals surface area contributed by atoms with E-state index in [1.165, 1.54) is 0 Å². The molecule has 0 saturated carbocycles. The molecule has 0 aliphatic carbocycles. The van der Waals surface area contributed by atoms with Crippen molar-refractivity contribution in [3.63, 3.8) is 0 Å². The molecule has 0 radical (unpaired) electrons. The van der Waals surface area contributed by atoms with Crippen LogP contribution in [0.2, 0.25) is 5.02 Å². The summed E-state index contributed by atoms with van der Waals surface area (Å²) in [6.45, 7) is 1.50. The molecule has 1 amide bonds. The van der Waals surface area contributed by atoms with Gasteiger partial charge in [0.05, 0.1) is 12.5 Å². The number of fused-ring (bicyclic) bond motifs is 1. The lowest BCUT2D eigenvalue weighted by Crippen LogP contribution is -2.44. The third kappa shape index (κ3) is 4.65. The number of halogens is 1. The van der Waals surface area contributed by atoms with Gasteiger partial charge in [-0.15, -0.1) is 0 Å². The number of aromatic nitrogens is 3. The molecule has 1 aliphatic heterocycles. The standard InChI is InChI=1S/C26H24ClN5O2/c27-20-10-12-21(13-11-20)29-25(33)19-8-5-15-31(17-19)24-26(34)32(16-18-6-2-1-3-7-18)23-22(30-24)9-4-14-28-23/h1-4,6-7,9-14,19H,5,8,15-17H2,(H,29,33)/t19-/m1/s1. The quantitative estimate of drug-likeness (QED) is 0.466. The number of nitrogens with one attached hydrogen (secondary N) is 1. The SMILES string of the molecule is O=C(Nc1ccc(Cl)cc1)[C@@H]1CCCN(c2nc3cccnc3n(Cc3ccccc3)c2=O)C1. The molecule has 4 aromatic rings. The van der Waals surface area contributed by atoms with Crippen molar-refractivity contribution in [2.75, 3.05) is 23.3 Å². The molecule has 0 unspecified atom stereocenters. The van der Waals surface area contributed by atoms with Crippen molar-refractivity contribution < 1.29 is 4.79 Å². The van der Waals surface area contributed by atoms with Crippen LogP contribution in [0.1, 0.15) is 18.4 Å². The highest BCUT2D eigenvalue weighted by Crippen LogP contribution is 2.23. The summed E-state index contributed by atoms with van der Waals surface area (Å²) >= 11 is 5.94. The molecule has 1 fully saturated rings. The molecular weight excluding hydrogens is 450 g/mol. The minimum absolute atomic E-state index is 0.0703. The van der Waals surface area contributed by atoms with Gasteiger partial charge >= 0.3 is 0 Å². The molecule has 1 atom stereocenters. The van der Waals surface area contributed by atoms with E-state index in [9.17, 15) is 9.59 Å². The summed E-state index contributed by atoms with van der Waals surface area (Å²) in [7, 11) is 0. The van der Waals surface area contributed by atoms with Gasteiger partial charge < -0.3 is 10.2 Å². The van der Waals surface area contributed by atoms with E-state index in [-0.39, 0.29) is 17.4 Å². The highest BCUT2D eigenvalue weighted by atomic mass is 35.5. The molecule has 34 heavy (non-hydrogen) atoms. The summed E-state index contributed by atoms with van der Waals surface area (Å²) in [4.78, 5) is 37.6. The first-order chi connectivity index (χ1) is 16.6. The first-order valence-corrected chi connectivity index (χ1v) is 11.7. The smallest absolute Gasteiger partial charge is 0.295 e. The second-order valence-electron chi connectivity index (χ2n) is 8.44. The molecule has 3 heterocycles. The Hall–Kier alpha value is -3.71. The van der Waals surface area contributed by atoms with Crippen molar-refractivity contribution >= 4 is 40.2 Å². The number of pyridine rings is 1. The van der Waals surface area contributed by atoms with E-state index in [1.807, 2.05) is 47.4 Å². The van der Waals surface area contributed by atoms with E-state index in [2.05, 4.69) is 15.3 Å². The number of rotatable bonds is 5. The van der Waals surface area contributed by atoms with Crippen LogP contribution in [0.15, 0.2) is 77.7 Å². The van der Waals surface area contributed by atoms with Crippen molar-refractivity contribution in [1.29, 1.82) is 0 Å². The van der Waals surface area contributed by atoms with Gasteiger partial charge in [-0.3, -0.25) is 14.2 Å². The molecular formula is C26H24ClN5O2. The molecule has 8 heteroatoms. The second-order valence-corrected chi connectivity index (χ2v) is 8.88. The Labute approximate surface area is 202 Å². The first-order valence-electron chi connectivity index (χ1n) is 11.3. The minimum Gasteiger partial charge on any atom is -0.351 e. The highest BCUT2D eigenvalue weighted by molar-refractivity contribution is 6.30. The Kier molecular flexibility index (Phi) is 6.27. The molecule has 7 nitrogen and oxygen atoms in total. The fourth-order valence-electron chi connectivity index (χ4n) is 4.34. The van der Waals surface area contributed by atoms with Gasteiger partial charge in [0.25, 0.3) is 5.56 Å². The maximum atomic E-state index is 13.6. The maximum absolute atomic E-state index is 13.6. The fraction of sp³-hybridized carbons (Fsp3) is 0.231. The Morgan fingerprint density at radius 2 is 1.85 bits per heavy atom. The number of benzene rings is 2. The molecule has 2 aromatic heterocycles. The predicted octanol–water partition coefficient (Wildman–Crippen LogP) is 4.35. The summed E-state index contributed by atoms with van der Waals surface area (Å²) < 4.78 is 1.67. The molecule has 1 aliphatic rings. The largest absolute Gasteiger partial charge is 0.351 e. The number of hydrogen-bond acceptors (Lipinski definition) is 5. The van der Waals surface area contributed by atoms with E-state index >= 15 is 0 Å². The molecule has 0 bridgehead atoms. The topological polar surface area (TPSA) is 80.1 Å². The monoisotopic (exact) mass is 473 g/mol. The van der Waals surface area contributed by atoms with Gasteiger partial charge in [0.1, 0.15) is 5.52 Å². The Balaban J connectivity index is 1.44. The van der Waals surface area contributed by atoms with Crippen LogP contribution < -0.4 is 15.8 Å². The third-order valence-electron chi connectivity index (χ3n) is 6.07. The van der Waals surface area contributed by atoms with Crippen molar-refractivity contribution in [3.8, 4) is 0 Å². The molecule has 0 spiro atoms. The number of hydrogen-bond donors (Lipinski definition) is 1. The third-order valence-corrected chi connectivity index (χ3v) is 6.32. The Bertz CT molecular complexity index is 1370. The lowest BCUT2D eigenvalue weighted by atomic mass is 9.97. The number of nitrogens with zero attached hydrogens (tertiary/aromatic N) is 4. The van der Waals surface area contributed by atoms with Gasteiger partial charge in [-0.25, -0.2) is 9.97 Å². The molecule has 2 aromatic carbocycles. The predicted molar refractivity (Wildman–Crippen MR) is 134 cm³/mol. The lowest BCUT2D eigenvalue weighted by Gasteiger charge is -2.32. The Morgan fingerprint density at radius 1 is 1.06 bits per heavy atom. The Morgan fingerprint density at radius 3 is 2.65 bits per heavy atom. The number of piperidine rings is 1. The van der Waals surface area contributed by atoms with Crippen molar-refractivity contribution in [2.24, 2.45) is 5.92 Å². The maximum Gasteiger partial charge on any atom is 0.295 e. The van der Waals surface area contributed by atoms with Crippen molar-refractivity contribution in [3.05, 3.63) is 93.9 Å². The van der Waals surface area contributed by atoms with Crippen molar-refractivity contribution in [1.82, 2.24) is 14.5 Å². The summed E-state index contributed by atoms with van der Waals surface area (Å²) in [6.07, 6.45) is 3.22. The van der Waals surface area contributed by atoms with Gasteiger partial charge in [-0.2, -0.15) is 0 Å². The zero-order valence-corrected chi connectivity index (χ0v) is 19.3. The van der Waals surface area contributed by atoms with Crippen molar-refractivity contribution in [2.45, 2.75) is 19.4 Å². The fourth-order valence-corrected chi connectivity index (χ4v) is 4.47. The lowest BCUT2D eigenvalue weighted by molar-refractivity contribution is -0.120. The van der Waals surface area contributed by atoms with E-state index in [0.29, 0.717) is 47.3 Å². The zero-order valence-electron chi connectivity index (χ0n) is 18.5. The van der Waals surface area contributed by atoms with Crippen LogP contribution in [0.3, 0.4) is 0 Å². The summed E-state index contributed by atoms with van der Waals surface area (Å²) in [5.74, 6) is 0.0392. The van der Waals surface area contributed by atoms with E-state index in [1.54, 1.807) is 35.0 Å². The normalized spacial score (nSPS) is 15.9. The van der Waals surface area contributed by atoms with Crippen LogP contribution in [0.25, 0.3) is 11.2 Å². The van der Waals surface area contributed by atoms with Crippen LogP contribution in [0, 0.1) is 5.92 Å². The van der Waals surface area contributed by atoms with Gasteiger partial charge in [0.2, 0.25) is 5.91 Å². The van der Waals surface area contributed by atoms with Crippen LogP contribution in [0.5, 0.6) is 0 Å². The van der Waals surface area contributed by atoms with Gasteiger partial charge in [0.15, 0.2) is 11.5 Å². The van der Waals surface area contributed by atoms with Gasteiger partial charge in [-0.05, 0) is 54.8 Å². The summed E-state index contributed by atoms with van der Waals surface area (Å²) in [5, 5.41) is 3.58. The molecule has 1 N–H and O–H groups in total. The van der Waals surface area contributed by atoms with Crippen LogP contribution in [0.4, 0.5) is 11.5 Å². The number of carbonyl (C=O) groups is 1. The van der Waals surface area contributed by atoms with E-state index in [4.69, 9.17) is 11.6 Å². The second kappa shape index (κ2) is 9.65. The van der Waals surface area contributed by atoms with Gasteiger partial charge in [-0.1, -0.05) is 41.9 Å². The van der Waals surface area contributed by atoms with Gasteiger partial charge in [0, 0.05) is 30.0 Å². The van der Waals surface area contributed by atoms with E-state index in [0.717, 1.165) is 18.4 Å².